The van der Waals surface area contributed by atoms with Crippen LogP contribution in [0.4, 0.5) is 17.6 Å². The summed E-state index contributed by atoms with van der Waals surface area (Å²) in [6.07, 6.45) is -1.75. The van der Waals surface area contributed by atoms with Crippen LogP contribution in [-0.2, 0) is 17.3 Å². The Kier molecular flexibility index (Phi) is 5.17. The van der Waals surface area contributed by atoms with E-state index in [1.165, 1.54) is 24.2 Å². The number of ether oxygens (including phenoxy) is 1. The molecule has 0 aliphatic heterocycles. The van der Waals surface area contributed by atoms with Gasteiger partial charge in [-0.2, -0.15) is 18.3 Å². The van der Waals surface area contributed by atoms with Crippen molar-refractivity contribution in [3.05, 3.63) is 76.5 Å². The minimum absolute atomic E-state index is 0.0700. The van der Waals surface area contributed by atoms with Gasteiger partial charge in [-0.15, -0.1) is 0 Å². The van der Waals surface area contributed by atoms with Crippen LogP contribution in [0.3, 0.4) is 0 Å². The van der Waals surface area contributed by atoms with Gasteiger partial charge in [0.25, 0.3) is 0 Å². The van der Waals surface area contributed by atoms with Gasteiger partial charge < -0.3 is 4.74 Å². The molecule has 3 aromatic rings. The van der Waals surface area contributed by atoms with E-state index in [1.54, 1.807) is 19.1 Å². The quantitative estimate of drug-likeness (QED) is 0.495. The minimum Gasteiger partial charge on any atom is -0.465 e. The lowest BCUT2D eigenvalue weighted by molar-refractivity contribution is -0.137. The summed E-state index contributed by atoms with van der Waals surface area (Å²) in [6.45, 7) is 1.66. The number of methoxy groups -OCH3 is 1. The highest BCUT2D eigenvalue weighted by Gasteiger charge is 2.31. The van der Waals surface area contributed by atoms with E-state index in [0.29, 0.717) is 23.1 Å². The van der Waals surface area contributed by atoms with Crippen molar-refractivity contribution in [2.45, 2.75) is 19.5 Å². The SMILES string of the molecule is COC(=O)c1cnn(-c2cc(Cc3cc(F)cc(C(F)(F)F)c3)ccn2)c1C. The molecule has 0 fully saturated rings. The topological polar surface area (TPSA) is 57.0 Å². The highest BCUT2D eigenvalue weighted by molar-refractivity contribution is 5.90. The average molecular weight is 393 g/mol. The van der Waals surface area contributed by atoms with Crippen LogP contribution < -0.4 is 0 Å². The van der Waals surface area contributed by atoms with Gasteiger partial charge in [-0.05, 0) is 54.8 Å². The molecule has 0 atom stereocenters. The summed E-state index contributed by atoms with van der Waals surface area (Å²) < 4.78 is 58.4. The molecule has 9 heteroatoms. The van der Waals surface area contributed by atoms with Crippen LogP contribution in [0.25, 0.3) is 5.82 Å². The predicted molar refractivity (Wildman–Crippen MR) is 91.6 cm³/mol. The summed E-state index contributed by atoms with van der Waals surface area (Å²) in [4.78, 5) is 15.9. The Labute approximate surface area is 157 Å². The highest BCUT2D eigenvalue weighted by atomic mass is 19.4. The molecule has 0 N–H and O–H groups in total. The Morgan fingerprint density at radius 1 is 1.18 bits per heavy atom. The zero-order chi connectivity index (χ0) is 20.5. The zero-order valence-electron chi connectivity index (χ0n) is 14.9. The second kappa shape index (κ2) is 7.41. The molecule has 0 saturated heterocycles. The summed E-state index contributed by atoms with van der Waals surface area (Å²) in [6, 6.07) is 5.66. The highest BCUT2D eigenvalue weighted by Crippen LogP contribution is 2.31. The van der Waals surface area contributed by atoms with Crippen molar-refractivity contribution in [2.75, 3.05) is 7.11 Å². The van der Waals surface area contributed by atoms with Crippen LogP contribution in [0.1, 0.15) is 32.7 Å². The maximum atomic E-state index is 13.6. The van der Waals surface area contributed by atoms with Gasteiger partial charge in [-0.1, -0.05) is 0 Å². The smallest absolute Gasteiger partial charge is 0.416 e. The number of pyridine rings is 1. The van der Waals surface area contributed by atoms with E-state index in [9.17, 15) is 22.4 Å². The van der Waals surface area contributed by atoms with Crippen LogP contribution in [0.5, 0.6) is 0 Å². The summed E-state index contributed by atoms with van der Waals surface area (Å²) >= 11 is 0. The number of carbonyl (C=O) groups excluding carboxylic acids is 1. The molecule has 1 aromatic carbocycles. The van der Waals surface area contributed by atoms with Crippen molar-refractivity contribution in [1.29, 1.82) is 0 Å². The molecule has 0 saturated carbocycles. The minimum atomic E-state index is -4.63. The third-order valence-electron chi connectivity index (χ3n) is 4.14. The number of aromatic nitrogens is 3. The number of hydrogen-bond acceptors (Lipinski definition) is 4. The number of benzene rings is 1. The Morgan fingerprint density at radius 2 is 1.93 bits per heavy atom. The Hall–Kier alpha value is -3.23. The summed E-state index contributed by atoms with van der Waals surface area (Å²) in [5.74, 6) is -1.12. The summed E-state index contributed by atoms with van der Waals surface area (Å²) in [7, 11) is 1.26. The van der Waals surface area contributed by atoms with Gasteiger partial charge in [0.2, 0.25) is 0 Å². The van der Waals surface area contributed by atoms with Crippen LogP contribution in [0.15, 0.2) is 42.7 Å². The monoisotopic (exact) mass is 393 g/mol. The van der Waals surface area contributed by atoms with Crippen LogP contribution in [0.2, 0.25) is 0 Å². The van der Waals surface area contributed by atoms with E-state index in [-0.39, 0.29) is 17.5 Å². The molecular formula is C19H15F4N3O2. The fraction of sp³-hybridized carbons (Fsp3) is 0.211. The lowest BCUT2D eigenvalue weighted by Gasteiger charge is -2.10. The Bertz CT molecular complexity index is 1030. The first-order chi connectivity index (χ1) is 13.2. The number of alkyl halides is 3. The van der Waals surface area contributed by atoms with E-state index in [2.05, 4.69) is 14.8 Å². The molecular weight excluding hydrogens is 378 g/mol. The van der Waals surface area contributed by atoms with Crippen LogP contribution >= 0.6 is 0 Å². The van der Waals surface area contributed by atoms with Crippen LogP contribution in [0, 0.1) is 12.7 Å². The molecule has 0 bridgehead atoms. The van der Waals surface area contributed by atoms with E-state index < -0.39 is 23.5 Å². The van der Waals surface area contributed by atoms with Gasteiger partial charge in [0.1, 0.15) is 11.4 Å². The maximum absolute atomic E-state index is 13.6. The second-order valence-electron chi connectivity index (χ2n) is 6.09. The maximum Gasteiger partial charge on any atom is 0.416 e. The molecule has 0 spiro atoms. The fourth-order valence-electron chi connectivity index (χ4n) is 2.79. The normalized spacial score (nSPS) is 11.5. The molecule has 0 amide bonds. The molecule has 2 heterocycles. The molecule has 146 valence electrons. The average Bonchev–Trinajstić information content (AvgIpc) is 3.01. The van der Waals surface area contributed by atoms with Gasteiger partial charge in [-0.25, -0.2) is 18.9 Å². The van der Waals surface area contributed by atoms with Crippen molar-refractivity contribution in [3.8, 4) is 5.82 Å². The molecule has 5 nitrogen and oxygen atoms in total. The fourth-order valence-corrected chi connectivity index (χ4v) is 2.79. The first kappa shape index (κ1) is 19.5. The number of hydrogen-bond donors (Lipinski definition) is 0. The van der Waals surface area contributed by atoms with Gasteiger partial charge in [0, 0.05) is 6.20 Å². The van der Waals surface area contributed by atoms with Crippen molar-refractivity contribution >= 4 is 5.97 Å². The van der Waals surface area contributed by atoms with Gasteiger partial charge in [0.15, 0.2) is 5.82 Å². The molecule has 0 radical (unpaired) electrons. The van der Waals surface area contributed by atoms with E-state index in [4.69, 9.17) is 0 Å². The molecule has 2 aromatic heterocycles. The van der Waals surface area contributed by atoms with Crippen molar-refractivity contribution in [1.82, 2.24) is 14.8 Å². The second-order valence-corrected chi connectivity index (χ2v) is 6.09. The number of carbonyl (C=O) groups is 1. The van der Waals surface area contributed by atoms with Crippen molar-refractivity contribution < 1.29 is 27.1 Å². The molecule has 28 heavy (non-hydrogen) atoms. The van der Waals surface area contributed by atoms with E-state index >= 15 is 0 Å². The van der Waals surface area contributed by atoms with Gasteiger partial charge >= 0.3 is 12.1 Å². The standard InChI is InChI=1S/C19H15F4N3O2/c1-11-16(18(27)28-2)10-25-26(11)17-8-12(3-4-24-17)5-13-6-14(19(21,22)23)9-15(20)7-13/h3-4,6-10H,5H2,1-2H3. The first-order valence-corrected chi connectivity index (χ1v) is 8.14. The number of nitrogens with zero attached hydrogens (tertiary/aromatic N) is 3. The molecule has 3 rings (SSSR count). The number of rotatable bonds is 4. The Morgan fingerprint density at radius 3 is 2.61 bits per heavy atom. The third kappa shape index (κ3) is 4.03. The summed E-state index contributed by atoms with van der Waals surface area (Å²) in [5, 5.41) is 4.11. The van der Waals surface area contributed by atoms with Crippen LogP contribution in [-0.4, -0.2) is 27.8 Å². The first-order valence-electron chi connectivity index (χ1n) is 8.14. The van der Waals surface area contributed by atoms with E-state index in [0.717, 1.165) is 12.1 Å². The lowest BCUT2D eigenvalue weighted by Crippen LogP contribution is -2.07. The largest absolute Gasteiger partial charge is 0.465 e. The third-order valence-corrected chi connectivity index (χ3v) is 4.14. The van der Waals surface area contributed by atoms with E-state index in [1.807, 2.05) is 0 Å². The summed E-state index contributed by atoms with van der Waals surface area (Å²) in [5.41, 5.74) is 0.522. The lowest BCUT2D eigenvalue weighted by atomic mass is 10.0. The Balaban J connectivity index is 1.92. The molecule has 0 unspecified atom stereocenters. The van der Waals surface area contributed by atoms with Crippen molar-refractivity contribution in [2.24, 2.45) is 0 Å². The van der Waals surface area contributed by atoms with Crippen molar-refractivity contribution in [3.63, 3.8) is 0 Å². The molecule has 0 aliphatic carbocycles. The predicted octanol–water partition coefficient (Wildman–Crippen LogP) is 4.11. The molecule has 0 aliphatic rings. The van der Waals surface area contributed by atoms with Gasteiger partial charge in [-0.3, -0.25) is 0 Å². The van der Waals surface area contributed by atoms with Gasteiger partial charge in [0.05, 0.1) is 24.6 Å². The number of halogens is 4. The number of esters is 1. The zero-order valence-corrected chi connectivity index (χ0v) is 14.9.